The zero-order valence-corrected chi connectivity index (χ0v) is 20.0. The number of amides is 2. The van der Waals surface area contributed by atoms with E-state index >= 15 is 0 Å². The van der Waals surface area contributed by atoms with Gasteiger partial charge in [0.15, 0.2) is 0 Å². The number of nitrogens with zero attached hydrogens (tertiary/aromatic N) is 4. The summed E-state index contributed by atoms with van der Waals surface area (Å²) in [7, 11) is 1.62. The second-order valence-electron chi connectivity index (χ2n) is 8.04. The van der Waals surface area contributed by atoms with Crippen molar-refractivity contribution in [3.63, 3.8) is 0 Å². The Morgan fingerprint density at radius 2 is 1.72 bits per heavy atom. The summed E-state index contributed by atoms with van der Waals surface area (Å²) in [6.45, 7) is 3.90. The summed E-state index contributed by atoms with van der Waals surface area (Å²) in [5, 5.41) is 16.5. The summed E-state index contributed by atoms with van der Waals surface area (Å²) in [5.74, 6) is -0.370. The number of methoxy groups -OCH3 is 1. The first kappa shape index (κ1) is 24.0. The van der Waals surface area contributed by atoms with Crippen LogP contribution in [0.5, 0.6) is 5.75 Å². The highest BCUT2D eigenvalue weighted by atomic mass is 16.5. The molecule has 0 aliphatic heterocycles. The highest BCUT2D eigenvalue weighted by Gasteiger charge is 2.14. The lowest BCUT2D eigenvalue weighted by Crippen LogP contribution is -2.13. The van der Waals surface area contributed by atoms with E-state index in [1.165, 1.54) is 10.7 Å². The Labute approximate surface area is 208 Å². The van der Waals surface area contributed by atoms with Crippen LogP contribution in [-0.2, 0) is 4.79 Å². The minimum absolute atomic E-state index is 0.0211. The largest absolute Gasteiger partial charge is 0.497 e. The van der Waals surface area contributed by atoms with E-state index in [0.717, 1.165) is 28.4 Å². The summed E-state index contributed by atoms with van der Waals surface area (Å²) < 4.78 is 8.79. The van der Waals surface area contributed by atoms with E-state index in [1.54, 1.807) is 43.6 Å². The van der Waals surface area contributed by atoms with Crippen molar-refractivity contribution in [2.45, 2.75) is 13.8 Å². The van der Waals surface area contributed by atoms with Crippen molar-refractivity contribution in [1.82, 2.24) is 14.3 Å². The van der Waals surface area contributed by atoms with Gasteiger partial charge in [-0.2, -0.15) is 10.4 Å². The Balaban J connectivity index is 1.53. The fourth-order valence-corrected chi connectivity index (χ4v) is 3.86. The first-order chi connectivity index (χ1) is 17.3. The van der Waals surface area contributed by atoms with Crippen molar-refractivity contribution in [3.05, 3.63) is 95.1 Å². The van der Waals surface area contributed by atoms with Crippen LogP contribution < -0.4 is 15.8 Å². The van der Waals surface area contributed by atoms with E-state index in [1.807, 2.05) is 50.2 Å². The van der Waals surface area contributed by atoms with Crippen molar-refractivity contribution in [2.24, 2.45) is 5.73 Å². The molecule has 9 nitrogen and oxygen atoms in total. The Hall–Kier alpha value is -5.10. The normalized spacial score (nSPS) is 11.1. The Kier molecular flexibility index (Phi) is 6.70. The molecule has 4 aromatic rings. The fourth-order valence-electron chi connectivity index (χ4n) is 3.86. The minimum Gasteiger partial charge on any atom is -0.497 e. The van der Waals surface area contributed by atoms with Crippen molar-refractivity contribution in [1.29, 1.82) is 5.26 Å². The minimum atomic E-state index is -0.613. The number of aryl methyl sites for hydroxylation is 1. The number of hydrogen-bond donors (Lipinski definition) is 2. The maximum Gasteiger partial charge on any atom is 0.269 e. The number of aromatic nitrogens is 3. The monoisotopic (exact) mass is 480 g/mol. The topological polar surface area (TPSA) is 128 Å². The maximum absolute atomic E-state index is 12.8. The first-order valence-corrected chi connectivity index (χ1v) is 11.0. The molecule has 0 saturated heterocycles. The fraction of sp³-hybridized carbons (Fsp3) is 0.111. The van der Waals surface area contributed by atoms with Gasteiger partial charge in [-0.3, -0.25) is 9.59 Å². The van der Waals surface area contributed by atoms with Gasteiger partial charge < -0.3 is 20.4 Å². The van der Waals surface area contributed by atoms with Gasteiger partial charge in [0.25, 0.3) is 11.8 Å². The molecule has 4 rings (SSSR count). The Morgan fingerprint density at radius 1 is 1.06 bits per heavy atom. The van der Waals surface area contributed by atoms with Gasteiger partial charge in [-0.25, -0.2) is 4.68 Å². The lowest BCUT2D eigenvalue weighted by atomic mass is 10.1. The average Bonchev–Trinajstić information content (AvgIpc) is 3.48. The van der Waals surface area contributed by atoms with Crippen molar-refractivity contribution in [2.75, 3.05) is 12.4 Å². The number of primary amides is 1. The molecule has 36 heavy (non-hydrogen) atoms. The quantitative estimate of drug-likeness (QED) is 0.306. The van der Waals surface area contributed by atoms with E-state index in [-0.39, 0.29) is 11.3 Å². The lowest BCUT2D eigenvalue weighted by Gasteiger charge is -2.10. The number of nitrogens with two attached hydrogens (primary N) is 1. The van der Waals surface area contributed by atoms with Crippen LogP contribution in [-0.4, -0.2) is 33.3 Å². The molecule has 2 aromatic carbocycles. The standard InChI is InChI=1S/C27H24N6O3/c1-17-14-19(18(2)33(17)23-8-10-24(36-3)11-9-23)15-20(16-28)27(35)30-21-4-6-22(7-5-21)32-13-12-25(31-32)26(29)34/h4-15H,1-3H3,(H2,29,34)(H,30,35)/b20-15+. The third-order valence-electron chi connectivity index (χ3n) is 5.70. The van der Waals surface area contributed by atoms with Gasteiger partial charge in [0.1, 0.15) is 23.1 Å². The van der Waals surface area contributed by atoms with Crippen LogP contribution in [0.2, 0.25) is 0 Å². The SMILES string of the molecule is COc1ccc(-n2c(C)cc(/C=C(\C#N)C(=O)Nc3ccc(-n4ccc(C(N)=O)n4)cc3)c2C)cc1. The van der Waals surface area contributed by atoms with E-state index < -0.39 is 11.8 Å². The van der Waals surface area contributed by atoms with Crippen LogP contribution in [0.15, 0.2) is 72.4 Å². The molecule has 9 heteroatoms. The molecular weight excluding hydrogens is 456 g/mol. The number of carbonyl (C=O) groups excluding carboxylic acids is 2. The summed E-state index contributed by atoms with van der Waals surface area (Å²) in [5.41, 5.74) is 10.2. The second kappa shape index (κ2) is 10.0. The smallest absolute Gasteiger partial charge is 0.269 e. The van der Waals surface area contributed by atoms with Gasteiger partial charge in [0, 0.05) is 29.0 Å². The molecule has 2 heterocycles. The second-order valence-corrected chi connectivity index (χ2v) is 8.04. The maximum atomic E-state index is 12.8. The van der Waals surface area contributed by atoms with Crippen molar-refractivity contribution >= 4 is 23.6 Å². The van der Waals surface area contributed by atoms with Gasteiger partial charge in [-0.05, 0) is 86.2 Å². The molecule has 0 saturated carbocycles. The zero-order chi connectivity index (χ0) is 25.8. The molecular formula is C27H24N6O3. The van der Waals surface area contributed by atoms with E-state index in [4.69, 9.17) is 10.5 Å². The predicted molar refractivity (Wildman–Crippen MR) is 136 cm³/mol. The molecule has 2 amide bonds. The van der Waals surface area contributed by atoms with Crippen LogP contribution in [0.4, 0.5) is 5.69 Å². The molecule has 0 fully saturated rings. The first-order valence-electron chi connectivity index (χ1n) is 11.0. The van der Waals surface area contributed by atoms with Crippen LogP contribution in [0.1, 0.15) is 27.4 Å². The van der Waals surface area contributed by atoms with Gasteiger partial charge in [0.2, 0.25) is 0 Å². The van der Waals surface area contributed by atoms with Crippen LogP contribution in [0.25, 0.3) is 17.5 Å². The third kappa shape index (κ3) is 4.88. The van der Waals surface area contributed by atoms with Gasteiger partial charge >= 0.3 is 0 Å². The van der Waals surface area contributed by atoms with E-state index in [0.29, 0.717) is 11.4 Å². The number of benzene rings is 2. The molecule has 0 aliphatic carbocycles. The highest BCUT2D eigenvalue weighted by Crippen LogP contribution is 2.25. The van der Waals surface area contributed by atoms with Crippen LogP contribution >= 0.6 is 0 Å². The van der Waals surface area contributed by atoms with E-state index in [2.05, 4.69) is 15.0 Å². The molecule has 3 N–H and O–H groups in total. The summed E-state index contributed by atoms with van der Waals surface area (Å²) in [6, 6.07) is 19.9. The molecule has 0 atom stereocenters. The number of nitrogens with one attached hydrogen (secondary N) is 1. The lowest BCUT2D eigenvalue weighted by molar-refractivity contribution is -0.112. The number of nitriles is 1. The summed E-state index contributed by atoms with van der Waals surface area (Å²) in [4.78, 5) is 24.1. The Morgan fingerprint density at radius 3 is 2.31 bits per heavy atom. The van der Waals surface area contributed by atoms with Gasteiger partial charge in [-0.15, -0.1) is 0 Å². The number of ether oxygens (including phenoxy) is 1. The van der Waals surface area contributed by atoms with Crippen molar-refractivity contribution < 1.29 is 14.3 Å². The molecule has 0 spiro atoms. The zero-order valence-electron chi connectivity index (χ0n) is 20.0. The molecule has 0 radical (unpaired) electrons. The molecule has 0 bridgehead atoms. The molecule has 0 unspecified atom stereocenters. The Bertz CT molecular complexity index is 1500. The number of hydrogen-bond acceptors (Lipinski definition) is 5. The summed E-state index contributed by atoms with van der Waals surface area (Å²) >= 11 is 0. The van der Waals surface area contributed by atoms with Crippen molar-refractivity contribution in [3.8, 4) is 23.2 Å². The van der Waals surface area contributed by atoms with E-state index in [9.17, 15) is 14.9 Å². The highest BCUT2D eigenvalue weighted by molar-refractivity contribution is 6.09. The number of carbonyl (C=O) groups is 2. The van der Waals surface area contributed by atoms with Gasteiger partial charge in [0.05, 0.1) is 12.8 Å². The molecule has 180 valence electrons. The van der Waals surface area contributed by atoms with Gasteiger partial charge in [-0.1, -0.05) is 0 Å². The molecule has 2 aromatic heterocycles. The molecule has 0 aliphatic rings. The van der Waals surface area contributed by atoms with Crippen LogP contribution in [0.3, 0.4) is 0 Å². The number of anilines is 1. The summed E-state index contributed by atoms with van der Waals surface area (Å²) in [6.07, 6.45) is 3.20. The number of rotatable bonds is 7. The predicted octanol–water partition coefficient (Wildman–Crippen LogP) is 3.93. The van der Waals surface area contributed by atoms with Crippen LogP contribution in [0, 0.1) is 25.2 Å². The third-order valence-corrected chi connectivity index (χ3v) is 5.70. The average molecular weight is 481 g/mol.